The minimum atomic E-state index is -0.372. The second-order valence-electron chi connectivity index (χ2n) is 4.11. The molecule has 6 heteroatoms. The Kier molecular flexibility index (Phi) is 4.01. The Hall–Kier alpha value is -1.08. The zero-order chi connectivity index (χ0) is 12.1. The molecule has 0 aliphatic carbocycles. The number of rotatable bonds is 4. The van der Waals surface area contributed by atoms with Crippen LogP contribution in [0, 0.1) is 0 Å². The third kappa shape index (κ3) is 2.44. The van der Waals surface area contributed by atoms with Gasteiger partial charge in [-0.3, -0.25) is 15.8 Å². The van der Waals surface area contributed by atoms with Crippen LogP contribution in [-0.2, 0) is 9.47 Å². The first-order valence-electron chi connectivity index (χ1n) is 5.67. The highest BCUT2D eigenvalue weighted by Crippen LogP contribution is 2.35. The topological polar surface area (TPSA) is 82.3 Å². The molecule has 1 aromatic rings. The van der Waals surface area contributed by atoms with E-state index < -0.39 is 0 Å². The maximum Gasteiger partial charge on any atom is 0.0945 e. The van der Waals surface area contributed by atoms with Crippen molar-refractivity contribution in [3.8, 4) is 0 Å². The van der Waals surface area contributed by atoms with Crippen molar-refractivity contribution >= 4 is 0 Å². The van der Waals surface area contributed by atoms with Gasteiger partial charge in [-0.1, -0.05) is 0 Å². The van der Waals surface area contributed by atoms with Crippen molar-refractivity contribution in [3.63, 3.8) is 0 Å². The molecular formula is C11H18N4O2. The van der Waals surface area contributed by atoms with Crippen molar-refractivity contribution in [1.29, 1.82) is 0 Å². The normalized spacial score (nSPS) is 21.1. The number of hydrogen-bond donors (Lipinski definition) is 2. The van der Waals surface area contributed by atoms with Crippen LogP contribution in [0.25, 0.3) is 0 Å². The Balaban J connectivity index is 2.26. The third-order valence-corrected chi connectivity index (χ3v) is 3.32. The number of hydrogen-bond acceptors (Lipinski definition) is 6. The molecule has 0 spiro atoms. The second-order valence-corrected chi connectivity index (χ2v) is 4.11. The highest BCUT2D eigenvalue weighted by molar-refractivity contribution is 5.10. The summed E-state index contributed by atoms with van der Waals surface area (Å²) in [6, 6.07) is -0.176. The average molecular weight is 238 g/mol. The van der Waals surface area contributed by atoms with E-state index in [9.17, 15) is 0 Å². The summed E-state index contributed by atoms with van der Waals surface area (Å²) in [7, 11) is 1.70. The van der Waals surface area contributed by atoms with Crippen LogP contribution < -0.4 is 11.3 Å². The van der Waals surface area contributed by atoms with E-state index in [1.807, 2.05) is 0 Å². The molecular weight excluding hydrogens is 220 g/mol. The molecule has 3 N–H and O–H groups in total. The van der Waals surface area contributed by atoms with E-state index in [2.05, 4.69) is 15.4 Å². The molecule has 6 nitrogen and oxygen atoms in total. The molecule has 17 heavy (non-hydrogen) atoms. The monoisotopic (exact) mass is 238 g/mol. The van der Waals surface area contributed by atoms with E-state index in [1.165, 1.54) is 0 Å². The highest BCUT2D eigenvalue weighted by Gasteiger charge is 2.41. The van der Waals surface area contributed by atoms with Crippen molar-refractivity contribution in [2.24, 2.45) is 5.84 Å². The van der Waals surface area contributed by atoms with Gasteiger partial charge in [0.15, 0.2) is 0 Å². The second kappa shape index (κ2) is 5.50. The Morgan fingerprint density at radius 3 is 2.76 bits per heavy atom. The van der Waals surface area contributed by atoms with Gasteiger partial charge >= 0.3 is 0 Å². The van der Waals surface area contributed by atoms with Crippen LogP contribution in [0.15, 0.2) is 18.6 Å². The van der Waals surface area contributed by atoms with Gasteiger partial charge in [0.2, 0.25) is 0 Å². The third-order valence-electron chi connectivity index (χ3n) is 3.32. The average Bonchev–Trinajstić information content (AvgIpc) is 2.42. The molecule has 0 radical (unpaired) electrons. The quantitative estimate of drug-likeness (QED) is 0.575. The van der Waals surface area contributed by atoms with Crippen molar-refractivity contribution in [2.45, 2.75) is 24.5 Å². The predicted octanol–water partition coefficient (Wildman–Crippen LogP) is 0.177. The van der Waals surface area contributed by atoms with E-state index >= 15 is 0 Å². The van der Waals surface area contributed by atoms with E-state index in [0.717, 1.165) is 18.5 Å². The van der Waals surface area contributed by atoms with Crippen LogP contribution in [0.5, 0.6) is 0 Å². The SMILES string of the molecule is COC1(C(NN)c2cnccn2)CCOCC1. The molecule has 94 valence electrons. The summed E-state index contributed by atoms with van der Waals surface area (Å²) in [5.41, 5.74) is 3.22. The number of nitrogens with zero attached hydrogens (tertiary/aromatic N) is 2. The lowest BCUT2D eigenvalue weighted by Crippen LogP contribution is -2.51. The molecule has 1 aromatic heterocycles. The molecule has 1 atom stereocenters. The van der Waals surface area contributed by atoms with Gasteiger partial charge in [0.25, 0.3) is 0 Å². The molecule has 1 aliphatic rings. The molecule has 0 amide bonds. The van der Waals surface area contributed by atoms with Crippen molar-refractivity contribution in [3.05, 3.63) is 24.3 Å². The molecule has 2 heterocycles. The fourth-order valence-corrected chi connectivity index (χ4v) is 2.29. The number of hydrazine groups is 1. The molecule has 1 aliphatic heterocycles. The lowest BCUT2D eigenvalue weighted by atomic mass is 9.84. The van der Waals surface area contributed by atoms with Gasteiger partial charge < -0.3 is 9.47 Å². The van der Waals surface area contributed by atoms with Crippen LogP contribution in [-0.4, -0.2) is 35.9 Å². The summed E-state index contributed by atoms with van der Waals surface area (Å²) in [5.74, 6) is 5.66. The smallest absolute Gasteiger partial charge is 0.0945 e. The summed E-state index contributed by atoms with van der Waals surface area (Å²) in [6.45, 7) is 1.35. The summed E-state index contributed by atoms with van der Waals surface area (Å²) < 4.78 is 11.1. The van der Waals surface area contributed by atoms with Crippen LogP contribution in [0.1, 0.15) is 24.6 Å². The summed E-state index contributed by atoms with van der Waals surface area (Å²) in [6.07, 6.45) is 6.58. The minimum Gasteiger partial charge on any atom is -0.381 e. The Labute approximate surface area is 101 Å². The van der Waals surface area contributed by atoms with Crippen LogP contribution in [0.2, 0.25) is 0 Å². The van der Waals surface area contributed by atoms with Crippen molar-refractivity contribution in [2.75, 3.05) is 20.3 Å². The van der Waals surface area contributed by atoms with Crippen molar-refractivity contribution < 1.29 is 9.47 Å². The number of ether oxygens (including phenoxy) is 2. The molecule has 1 fully saturated rings. The Morgan fingerprint density at radius 2 is 2.24 bits per heavy atom. The molecule has 0 saturated carbocycles. The maximum absolute atomic E-state index is 5.70. The largest absolute Gasteiger partial charge is 0.381 e. The summed E-state index contributed by atoms with van der Waals surface area (Å²) in [4.78, 5) is 8.36. The fraction of sp³-hybridized carbons (Fsp3) is 0.636. The van der Waals surface area contributed by atoms with Crippen LogP contribution >= 0.6 is 0 Å². The fourth-order valence-electron chi connectivity index (χ4n) is 2.29. The molecule has 0 bridgehead atoms. The first-order valence-corrected chi connectivity index (χ1v) is 5.67. The molecule has 0 aromatic carbocycles. The zero-order valence-corrected chi connectivity index (χ0v) is 9.93. The number of methoxy groups -OCH3 is 1. The molecule has 1 saturated heterocycles. The Bertz CT molecular complexity index is 341. The minimum absolute atomic E-state index is 0.176. The van der Waals surface area contributed by atoms with Crippen molar-refractivity contribution in [1.82, 2.24) is 15.4 Å². The number of nitrogens with two attached hydrogens (primary N) is 1. The Morgan fingerprint density at radius 1 is 1.47 bits per heavy atom. The van der Waals surface area contributed by atoms with Gasteiger partial charge in [-0.25, -0.2) is 5.43 Å². The lowest BCUT2D eigenvalue weighted by Gasteiger charge is -2.41. The van der Waals surface area contributed by atoms with E-state index in [4.69, 9.17) is 15.3 Å². The first-order chi connectivity index (χ1) is 8.32. The van der Waals surface area contributed by atoms with Gasteiger partial charge in [-0.15, -0.1) is 0 Å². The standard InChI is InChI=1S/C11H18N4O2/c1-16-11(2-6-17-7-3-11)10(15-12)9-8-13-4-5-14-9/h4-5,8,10,15H,2-3,6-7,12H2,1H3. The zero-order valence-electron chi connectivity index (χ0n) is 9.93. The maximum atomic E-state index is 5.70. The first kappa shape index (κ1) is 12.4. The van der Waals surface area contributed by atoms with E-state index in [0.29, 0.717) is 13.2 Å². The van der Waals surface area contributed by atoms with Gasteiger partial charge in [-0.2, -0.15) is 0 Å². The number of nitrogens with one attached hydrogen (secondary N) is 1. The van der Waals surface area contributed by atoms with Crippen LogP contribution in [0.3, 0.4) is 0 Å². The van der Waals surface area contributed by atoms with E-state index in [-0.39, 0.29) is 11.6 Å². The lowest BCUT2D eigenvalue weighted by molar-refractivity contribution is -0.112. The number of aromatic nitrogens is 2. The van der Waals surface area contributed by atoms with E-state index in [1.54, 1.807) is 25.7 Å². The molecule has 1 unspecified atom stereocenters. The molecule has 2 rings (SSSR count). The van der Waals surface area contributed by atoms with Gasteiger partial charge in [0, 0.05) is 45.6 Å². The summed E-state index contributed by atoms with van der Waals surface area (Å²) in [5, 5.41) is 0. The summed E-state index contributed by atoms with van der Waals surface area (Å²) >= 11 is 0. The van der Waals surface area contributed by atoms with Gasteiger partial charge in [-0.05, 0) is 0 Å². The highest BCUT2D eigenvalue weighted by atomic mass is 16.5. The predicted molar refractivity (Wildman–Crippen MR) is 61.9 cm³/mol. The van der Waals surface area contributed by atoms with Gasteiger partial charge in [0.05, 0.1) is 23.5 Å². The van der Waals surface area contributed by atoms with Crippen LogP contribution in [0.4, 0.5) is 0 Å². The van der Waals surface area contributed by atoms with Gasteiger partial charge in [0.1, 0.15) is 0 Å².